The normalized spacial score (nSPS) is 11.0. The summed E-state index contributed by atoms with van der Waals surface area (Å²) in [4.78, 5) is 1.31. The Kier molecular flexibility index (Phi) is 2.70. The molecule has 0 amide bonds. The lowest BCUT2D eigenvalue weighted by atomic mass is 10.1. The van der Waals surface area contributed by atoms with Gasteiger partial charge in [0, 0.05) is 20.4 Å². The Balaban J connectivity index is 2.70. The summed E-state index contributed by atoms with van der Waals surface area (Å²) in [7, 11) is 0. The summed E-state index contributed by atoms with van der Waals surface area (Å²) in [6, 6.07) is 3.98. The number of thioether (sulfide) groups is 1. The summed E-state index contributed by atoms with van der Waals surface area (Å²) >= 11 is 3.45. The molecule has 1 aromatic carbocycles. The maximum Gasteiger partial charge on any atom is 0.120 e. The minimum atomic E-state index is 0.425. The van der Waals surface area contributed by atoms with E-state index in [9.17, 15) is 5.11 Å². The zero-order valence-corrected chi connectivity index (χ0v) is 9.84. The maximum absolute atomic E-state index is 9.69. The van der Waals surface area contributed by atoms with E-state index in [1.165, 1.54) is 15.0 Å². The van der Waals surface area contributed by atoms with E-state index in [4.69, 9.17) is 0 Å². The molecule has 0 saturated heterocycles. The van der Waals surface area contributed by atoms with Gasteiger partial charge in [0.25, 0.3) is 0 Å². The third-order valence-corrected chi connectivity index (χ3v) is 4.21. The molecule has 0 spiro atoms. The van der Waals surface area contributed by atoms with Gasteiger partial charge in [-0.3, -0.25) is 0 Å². The molecule has 0 saturated carbocycles. The molecule has 1 heterocycles. The molecule has 0 fully saturated rings. The summed E-state index contributed by atoms with van der Waals surface area (Å²) in [6.45, 7) is 2.06. The van der Waals surface area contributed by atoms with Crippen LogP contribution in [0.2, 0.25) is 0 Å². The molecule has 0 atom stereocenters. The number of hydrogen-bond donors (Lipinski definition) is 1. The standard InChI is InChI=1S/C11H12OS2/c1-3-7-4-8-10(5-9(7)12)14-6-11(8)13-2/h4-6,12H,3H2,1-2H3. The molecule has 3 heteroatoms. The van der Waals surface area contributed by atoms with Gasteiger partial charge in [-0.1, -0.05) is 6.92 Å². The molecule has 74 valence electrons. The van der Waals surface area contributed by atoms with Crippen LogP contribution in [0.25, 0.3) is 10.1 Å². The Hall–Kier alpha value is -0.670. The van der Waals surface area contributed by atoms with Gasteiger partial charge in [0.05, 0.1) is 0 Å². The molecule has 14 heavy (non-hydrogen) atoms. The third kappa shape index (κ3) is 1.51. The van der Waals surface area contributed by atoms with Crippen molar-refractivity contribution >= 4 is 33.2 Å². The van der Waals surface area contributed by atoms with Crippen molar-refractivity contribution in [2.75, 3.05) is 6.26 Å². The molecular weight excluding hydrogens is 212 g/mol. The quantitative estimate of drug-likeness (QED) is 0.781. The van der Waals surface area contributed by atoms with Crippen LogP contribution < -0.4 is 0 Å². The lowest BCUT2D eigenvalue weighted by Gasteiger charge is -2.02. The Bertz CT molecular complexity index is 460. The highest BCUT2D eigenvalue weighted by molar-refractivity contribution is 7.99. The molecule has 0 aliphatic carbocycles. The van der Waals surface area contributed by atoms with Crippen molar-refractivity contribution in [2.45, 2.75) is 18.2 Å². The van der Waals surface area contributed by atoms with E-state index in [0.717, 1.165) is 12.0 Å². The Labute approximate surface area is 91.8 Å². The Morgan fingerprint density at radius 1 is 1.43 bits per heavy atom. The highest BCUT2D eigenvalue weighted by Gasteiger charge is 2.07. The highest BCUT2D eigenvalue weighted by atomic mass is 32.2. The van der Waals surface area contributed by atoms with E-state index < -0.39 is 0 Å². The molecule has 1 aromatic heterocycles. The lowest BCUT2D eigenvalue weighted by molar-refractivity contribution is 0.470. The first kappa shape index (κ1) is 9.87. The minimum Gasteiger partial charge on any atom is -0.508 e. The van der Waals surface area contributed by atoms with E-state index in [2.05, 4.69) is 24.6 Å². The Morgan fingerprint density at radius 2 is 2.21 bits per heavy atom. The van der Waals surface area contributed by atoms with Crippen LogP contribution in [0.15, 0.2) is 22.4 Å². The smallest absolute Gasteiger partial charge is 0.120 e. The van der Waals surface area contributed by atoms with E-state index >= 15 is 0 Å². The lowest BCUT2D eigenvalue weighted by Crippen LogP contribution is -1.80. The SMILES string of the molecule is CCc1cc2c(SC)csc2cc1O. The summed E-state index contributed by atoms with van der Waals surface area (Å²) in [5, 5.41) is 13.1. The van der Waals surface area contributed by atoms with Crippen LogP contribution in [0.3, 0.4) is 0 Å². The molecule has 2 rings (SSSR count). The van der Waals surface area contributed by atoms with Crippen LogP contribution in [-0.4, -0.2) is 11.4 Å². The fourth-order valence-electron chi connectivity index (χ4n) is 1.53. The largest absolute Gasteiger partial charge is 0.508 e. The first-order valence-electron chi connectivity index (χ1n) is 4.53. The topological polar surface area (TPSA) is 20.2 Å². The molecule has 2 aromatic rings. The number of aromatic hydroxyl groups is 1. The van der Waals surface area contributed by atoms with E-state index in [1.807, 2.05) is 6.07 Å². The molecule has 0 aliphatic heterocycles. The molecule has 0 aliphatic rings. The van der Waals surface area contributed by atoms with Gasteiger partial charge in [-0.15, -0.1) is 23.1 Å². The fraction of sp³-hybridized carbons (Fsp3) is 0.273. The highest BCUT2D eigenvalue weighted by Crippen LogP contribution is 2.36. The van der Waals surface area contributed by atoms with Crippen molar-refractivity contribution in [1.29, 1.82) is 0 Å². The summed E-state index contributed by atoms with van der Waals surface area (Å²) in [5.41, 5.74) is 1.03. The van der Waals surface area contributed by atoms with Crippen molar-refractivity contribution in [1.82, 2.24) is 0 Å². The predicted octanol–water partition coefficient (Wildman–Crippen LogP) is 3.89. The third-order valence-electron chi connectivity index (χ3n) is 2.34. The fourth-order valence-corrected chi connectivity index (χ4v) is 3.34. The number of benzene rings is 1. The van der Waals surface area contributed by atoms with Crippen LogP contribution >= 0.6 is 23.1 Å². The summed E-state index contributed by atoms with van der Waals surface area (Å²) in [5.74, 6) is 0.425. The number of aryl methyl sites for hydroxylation is 1. The number of thiophene rings is 1. The second-order valence-corrected chi connectivity index (χ2v) is 4.89. The van der Waals surface area contributed by atoms with E-state index in [-0.39, 0.29) is 0 Å². The zero-order chi connectivity index (χ0) is 10.1. The summed E-state index contributed by atoms with van der Waals surface area (Å²) < 4.78 is 1.17. The van der Waals surface area contributed by atoms with Gasteiger partial charge in [0.15, 0.2) is 0 Å². The van der Waals surface area contributed by atoms with Gasteiger partial charge in [-0.05, 0) is 30.4 Å². The average Bonchev–Trinajstić information content (AvgIpc) is 2.58. The van der Waals surface area contributed by atoms with Gasteiger partial charge >= 0.3 is 0 Å². The second-order valence-electron chi connectivity index (χ2n) is 3.13. The van der Waals surface area contributed by atoms with Crippen molar-refractivity contribution < 1.29 is 5.11 Å². The zero-order valence-electron chi connectivity index (χ0n) is 8.20. The number of phenols is 1. The Morgan fingerprint density at radius 3 is 2.86 bits per heavy atom. The van der Waals surface area contributed by atoms with Gasteiger partial charge < -0.3 is 5.11 Å². The van der Waals surface area contributed by atoms with Gasteiger partial charge in [0.2, 0.25) is 0 Å². The van der Waals surface area contributed by atoms with Gasteiger partial charge in [-0.2, -0.15) is 0 Å². The molecule has 1 nitrogen and oxygen atoms in total. The van der Waals surface area contributed by atoms with Crippen molar-refractivity contribution in [3.8, 4) is 5.75 Å². The molecule has 0 radical (unpaired) electrons. The first-order chi connectivity index (χ1) is 6.76. The molecule has 0 bridgehead atoms. The van der Waals surface area contributed by atoms with Crippen LogP contribution in [-0.2, 0) is 6.42 Å². The van der Waals surface area contributed by atoms with Crippen molar-refractivity contribution in [2.24, 2.45) is 0 Å². The van der Waals surface area contributed by atoms with Crippen molar-refractivity contribution in [3.05, 3.63) is 23.1 Å². The predicted molar refractivity (Wildman–Crippen MR) is 64.6 cm³/mol. The van der Waals surface area contributed by atoms with Gasteiger partial charge in [0.1, 0.15) is 5.75 Å². The number of rotatable bonds is 2. The monoisotopic (exact) mass is 224 g/mol. The first-order valence-corrected chi connectivity index (χ1v) is 6.63. The van der Waals surface area contributed by atoms with Crippen LogP contribution in [0.4, 0.5) is 0 Å². The van der Waals surface area contributed by atoms with Crippen LogP contribution in [0.5, 0.6) is 5.75 Å². The van der Waals surface area contributed by atoms with E-state index in [0.29, 0.717) is 5.75 Å². The molecular formula is C11H12OS2. The number of fused-ring (bicyclic) bond motifs is 1. The maximum atomic E-state index is 9.69. The van der Waals surface area contributed by atoms with Crippen molar-refractivity contribution in [3.63, 3.8) is 0 Å². The molecule has 1 N–H and O–H groups in total. The van der Waals surface area contributed by atoms with Crippen LogP contribution in [0.1, 0.15) is 12.5 Å². The van der Waals surface area contributed by atoms with E-state index in [1.54, 1.807) is 23.1 Å². The van der Waals surface area contributed by atoms with Crippen LogP contribution in [0, 0.1) is 0 Å². The summed E-state index contributed by atoms with van der Waals surface area (Å²) in [6.07, 6.45) is 2.96. The second kappa shape index (κ2) is 3.83. The number of hydrogen-bond acceptors (Lipinski definition) is 3. The van der Waals surface area contributed by atoms with Gasteiger partial charge in [-0.25, -0.2) is 0 Å². The number of phenolic OH excluding ortho intramolecular Hbond substituents is 1. The average molecular weight is 224 g/mol. The molecule has 0 unspecified atom stereocenters. The minimum absolute atomic E-state index is 0.425.